The summed E-state index contributed by atoms with van der Waals surface area (Å²) < 4.78 is 23.2. The smallest absolute Gasteiger partial charge is 0.481 e. The minimum atomic E-state index is -0.596. The summed E-state index contributed by atoms with van der Waals surface area (Å²) in [4.78, 5) is 8.78. The van der Waals surface area contributed by atoms with Gasteiger partial charge >= 0.3 is 7.12 Å². The maximum Gasteiger partial charge on any atom is 0.495 e. The normalized spacial score (nSPS) is 19.3. The van der Waals surface area contributed by atoms with Crippen LogP contribution in [0, 0.1) is 0 Å². The Balaban J connectivity index is 2.21. The topological polar surface area (TPSA) is 114 Å². The summed E-state index contributed by atoms with van der Waals surface area (Å²) in [5.74, 6) is 1.17. The number of aliphatic imine (C=N–C) groups is 2. The molecule has 33 heavy (non-hydrogen) atoms. The summed E-state index contributed by atoms with van der Waals surface area (Å²) in [6.07, 6.45) is 9.92. The summed E-state index contributed by atoms with van der Waals surface area (Å²) in [6.45, 7) is 8.92. The van der Waals surface area contributed by atoms with Crippen molar-refractivity contribution in [2.45, 2.75) is 38.9 Å². The lowest BCUT2D eigenvalue weighted by Crippen LogP contribution is -2.41. The summed E-state index contributed by atoms with van der Waals surface area (Å²) >= 11 is 0. The van der Waals surface area contributed by atoms with E-state index in [1.807, 2.05) is 39.8 Å². The summed E-state index contributed by atoms with van der Waals surface area (Å²) in [6, 6.07) is 5.59. The molecule has 184 valence electrons. The zero-order valence-corrected chi connectivity index (χ0v) is 22.0. The van der Waals surface area contributed by atoms with E-state index >= 15 is 0 Å². The first-order chi connectivity index (χ1) is 15.3. The molecule has 0 aliphatic carbocycles. The molecular formula is C23H39BN4O4S. The number of nitrogens with zero attached hydrogens (tertiary/aromatic N) is 2. The summed E-state index contributed by atoms with van der Waals surface area (Å²) in [7, 11) is 0.314. The highest BCUT2D eigenvalue weighted by atomic mass is 32.3. The zero-order chi connectivity index (χ0) is 24.9. The summed E-state index contributed by atoms with van der Waals surface area (Å²) in [5.41, 5.74) is 13.7. The molecule has 0 amide bonds. The Kier molecular flexibility index (Phi) is 9.04. The van der Waals surface area contributed by atoms with Crippen molar-refractivity contribution in [3.8, 4) is 0 Å². The monoisotopic (exact) mass is 478 g/mol. The van der Waals surface area contributed by atoms with Gasteiger partial charge in [-0.1, -0.05) is 12.1 Å². The quantitative estimate of drug-likeness (QED) is 0.176. The highest BCUT2D eigenvalue weighted by Gasteiger charge is 2.52. The number of methoxy groups -OCH3 is 1. The van der Waals surface area contributed by atoms with Crippen molar-refractivity contribution in [1.29, 1.82) is 0 Å². The van der Waals surface area contributed by atoms with Crippen molar-refractivity contribution in [2.24, 2.45) is 15.7 Å². The van der Waals surface area contributed by atoms with Crippen LogP contribution in [0.1, 0.15) is 33.3 Å². The van der Waals surface area contributed by atoms with E-state index in [9.17, 15) is 0 Å². The van der Waals surface area contributed by atoms with Crippen molar-refractivity contribution in [3.63, 3.8) is 0 Å². The molecule has 0 atom stereocenters. The lowest BCUT2D eigenvalue weighted by molar-refractivity contribution is 0.00578. The van der Waals surface area contributed by atoms with E-state index < -0.39 is 28.3 Å². The van der Waals surface area contributed by atoms with Gasteiger partial charge in [-0.05, 0) is 58.0 Å². The number of nitrogens with two attached hydrogens (primary N) is 2. The van der Waals surface area contributed by atoms with E-state index in [0.717, 1.165) is 11.2 Å². The lowest BCUT2D eigenvalue weighted by atomic mass is 9.75. The molecule has 1 fully saturated rings. The molecular weight excluding hydrogens is 439 g/mol. The molecule has 2 rings (SSSR count). The van der Waals surface area contributed by atoms with Crippen LogP contribution in [0.25, 0.3) is 0 Å². The van der Waals surface area contributed by atoms with Crippen LogP contribution in [0.15, 0.2) is 39.8 Å². The zero-order valence-electron chi connectivity index (χ0n) is 21.2. The predicted octanol–water partition coefficient (Wildman–Crippen LogP) is 2.50. The van der Waals surface area contributed by atoms with Crippen LogP contribution in [0.2, 0.25) is 0 Å². The first kappa shape index (κ1) is 27.2. The van der Waals surface area contributed by atoms with Gasteiger partial charge in [0.2, 0.25) is 5.88 Å². The number of ether oxygens (including phenoxy) is 2. The number of benzene rings is 1. The molecule has 0 radical (unpaired) electrons. The molecule has 1 aromatic carbocycles. The maximum atomic E-state index is 6.28. The van der Waals surface area contributed by atoms with Crippen LogP contribution in [0.5, 0.6) is 0 Å². The molecule has 0 spiro atoms. The third kappa shape index (κ3) is 7.50. The fourth-order valence-electron chi connectivity index (χ4n) is 2.88. The van der Waals surface area contributed by atoms with Crippen molar-refractivity contribution in [2.75, 3.05) is 50.7 Å². The Morgan fingerprint density at radius 2 is 1.79 bits per heavy atom. The van der Waals surface area contributed by atoms with Crippen LogP contribution in [-0.4, -0.2) is 75.7 Å². The average molecular weight is 478 g/mol. The molecule has 0 bridgehead atoms. The van der Waals surface area contributed by atoms with Crippen LogP contribution < -0.4 is 16.9 Å². The second-order valence-electron chi connectivity index (χ2n) is 9.79. The second-order valence-corrected chi connectivity index (χ2v) is 14.4. The van der Waals surface area contributed by atoms with E-state index in [2.05, 4.69) is 28.8 Å². The van der Waals surface area contributed by atoms with Gasteiger partial charge in [0, 0.05) is 23.2 Å². The van der Waals surface area contributed by atoms with E-state index in [-0.39, 0.29) is 12.6 Å². The first-order valence-corrected chi connectivity index (χ1v) is 13.9. The highest BCUT2D eigenvalue weighted by Crippen LogP contribution is 2.37. The van der Waals surface area contributed by atoms with Crippen molar-refractivity contribution in [3.05, 3.63) is 35.3 Å². The Bertz CT molecular complexity index is 894. The number of nitrogen functional groups attached to an aromatic ring is 1. The Labute approximate surface area is 200 Å². The molecule has 1 saturated heterocycles. The molecule has 1 aromatic rings. The van der Waals surface area contributed by atoms with Gasteiger partial charge in [-0.15, -0.1) is 0 Å². The molecule has 0 saturated carbocycles. The molecule has 1 aliphatic rings. The van der Waals surface area contributed by atoms with Gasteiger partial charge in [-0.3, -0.25) is 4.99 Å². The van der Waals surface area contributed by atoms with Crippen molar-refractivity contribution < 1.29 is 18.8 Å². The number of rotatable bonds is 10. The van der Waals surface area contributed by atoms with Gasteiger partial charge < -0.3 is 30.2 Å². The third-order valence-electron chi connectivity index (χ3n) is 5.71. The van der Waals surface area contributed by atoms with E-state index in [1.165, 1.54) is 13.3 Å². The van der Waals surface area contributed by atoms with Gasteiger partial charge in [-0.2, -0.15) is 0 Å². The van der Waals surface area contributed by atoms with Crippen molar-refractivity contribution in [1.82, 2.24) is 0 Å². The lowest BCUT2D eigenvalue weighted by Gasteiger charge is -2.32. The number of hydrogen-bond donors (Lipinski definition) is 2. The highest BCUT2D eigenvalue weighted by molar-refractivity contribution is 8.32. The average Bonchev–Trinajstić information content (AvgIpc) is 2.93. The Morgan fingerprint density at radius 3 is 2.36 bits per heavy atom. The predicted molar refractivity (Wildman–Crippen MR) is 142 cm³/mol. The van der Waals surface area contributed by atoms with Crippen molar-refractivity contribution >= 4 is 40.7 Å². The third-order valence-corrected chi connectivity index (χ3v) is 7.10. The fourth-order valence-corrected chi connectivity index (χ4v) is 3.49. The molecule has 1 heterocycles. The molecule has 0 aromatic heterocycles. The van der Waals surface area contributed by atoms with Gasteiger partial charge in [0.25, 0.3) is 0 Å². The van der Waals surface area contributed by atoms with Gasteiger partial charge in [0.15, 0.2) is 0 Å². The molecule has 1 aliphatic heterocycles. The van der Waals surface area contributed by atoms with Crippen LogP contribution in [-0.2, 0) is 18.8 Å². The minimum Gasteiger partial charge on any atom is -0.481 e. The molecule has 10 heteroatoms. The van der Waals surface area contributed by atoms with Crippen LogP contribution in [0.3, 0.4) is 0 Å². The molecule has 8 nitrogen and oxygen atoms in total. The molecule has 0 unspecified atom stereocenters. The van der Waals surface area contributed by atoms with E-state index in [4.69, 9.17) is 30.2 Å². The number of anilines is 1. The number of hydrogen-bond acceptors (Lipinski definition) is 8. The largest absolute Gasteiger partial charge is 0.495 e. The maximum absolute atomic E-state index is 6.28. The van der Waals surface area contributed by atoms with Crippen LogP contribution >= 0.6 is 10.0 Å². The van der Waals surface area contributed by atoms with Gasteiger partial charge in [0.05, 0.1) is 31.1 Å². The standard InChI is InChI=1S/C23H39BN4O4S/c1-22(2)23(3,4)32-24(31-22)18-10-9-11-19(25)17(18)14-28-20(21(26)29-5)15-27-16-30-12-13-33(6,7)8/h9-11,14-15H,12-13,16,25-26H2,1-8H3/b21-20-,27-15+,28-14?. The number of allylic oxidation sites excluding steroid dienone is 1. The SMILES string of the molecule is CO/C(N)=C(/C=N/COCCS(C)(C)C)N=Cc1c(N)cccc1B1OC(C)(C)C(C)(C)O1. The van der Waals surface area contributed by atoms with E-state index in [1.54, 1.807) is 12.3 Å². The summed E-state index contributed by atoms with van der Waals surface area (Å²) in [5, 5.41) is 0. The van der Waals surface area contributed by atoms with E-state index in [0.29, 0.717) is 23.6 Å². The minimum absolute atomic E-state index is 0.140. The molecule has 4 N–H and O–H groups in total. The van der Waals surface area contributed by atoms with Gasteiger partial charge in [-0.25, -0.2) is 15.0 Å². The Morgan fingerprint density at radius 1 is 1.15 bits per heavy atom. The van der Waals surface area contributed by atoms with Gasteiger partial charge in [0.1, 0.15) is 12.4 Å². The van der Waals surface area contributed by atoms with Crippen LogP contribution in [0.4, 0.5) is 5.69 Å². The second kappa shape index (κ2) is 10.9. The Hall–Kier alpha value is -2.01. The first-order valence-electron chi connectivity index (χ1n) is 10.8. The fraction of sp³-hybridized carbons (Fsp3) is 0.565.